The van der Waals surface area contributed by atoms with Gasteiger partial charge in [0, 0.05) is 23.7 Å². The molecule has 1 aliphatic rings. The van der Waals surface area contributed by atoms with Crippen molar-refractivity contribution in [3.05, 3.63) is 59.9 Å². The highest BCUT2D eigenvalue weighted by Crippen LogP contribution is 2.38. The molecule has 0 bridgehead atoms. The van der Waals surface area contributed by atoms with Crippen molar-refractivity contribution in [3.63, 3.8) is 0 Å². The number of ether oxygens (including phenoxy) is 1. The van der Waals surface area contributed by atoms with Gasteiger partial charge >= 0.3 is 0 Å². The number of anilines is 2. The summed E-state index contributed by atoms with van der Waals surface area (Å²) >= 11 is 0. The fraction of sp³-hybridized carbons (Fsp3) is 0.346. The van der Waals surface area contributed by atoms with Gasteiger partial charge in [0.25, 0.3) is 15.9 Å². The SMILES string of the molecule is CCOc1cc(F)cc(-c2ccc(C(=O)NS(=O)(=O)c3cccc(N)n3)c(N3CC(C)CC3(C)C)n2)c1. The number of hydrogen-bond acceptors (Lipinski definition) is 8. The second-order valence-corrected chi connectivity index (χ2v) is 11.4. The topological polar surface area (TPSA) is 128 Å². The van der Waals surface area contributed by atoms with E-state index in [9.17, 15) is 17.6 Å². The minimum atomic E-state index is -4.29. The lowest BCUT2D eigenvalue weighted by molar-refractivity contribution is 0.0981. The molecule has 3 heterocycles. The largest absolute Gasteiger partial charge is 0.494 e. The van der Waals surface area contributed by atoms with Crippen LogP contribution in [-0.2, 0) is 10.0 Å². The second kappa shape index (κ2) is 9.97. The molecule has 0 saturated carbocycles. The maximum atomic E-state index is 14.3. The standard InChI is InChI=1S/C26H30FN5O4S/c1-5-36-19-12-17(11-18(27)13-19)21-10-9-20(24(29-21)32-15-16(2)14-26(32,3)4)25(33)31-37(34,35)23-8-6-7-22(28)30-23/h6-13,16H,5,14-15H2,1-4H3,(H2,28,30)(H,31,33). The molecule has 3 aromatic rings. The van der Waals surface area contributed by atoms with Gasteiger partial charge in [0.1, 0.15) is 23.2 Å². The molecule has 0 radical (unpaired) electrons. The Morgan fingerprint density at radius 2 is 1.97 bits per heavy atom. The maximum absolute atomic E-state index is 14.3. The summed E-state index contributed by atoms with van der Waals surface area (Å²) in [6.45, 7) is 8.96. The molecule has 37 heavy (non-hydrogen) atoms. The molecule has 1 amide bonds. The average Bonchev–Trinajstić information content (AvgIpc) is 3.09. The smallest absolute Gasteiger partial charge is 0.281 e. The molecule has 1 atom stereocenters. The summed E-state index contributed by atoms with van der Waals surface area (Å²) in [5.74, 6) is -0.350. The van der Waals surface area contributed by atoms with Crippen LogP contribution in [0.4, 0.5) is 16.0 Å². The molecule has 0 aliphatic carbocycles. The summed E-state index contributed by atoms with van der Waals surface area (Å²) in [7, 11) is -4.29. The fourth-order valence-corrected chi connectivity index (χ4v) is 5.66. The highest BCUT2D eigenvalue weighted by molar-refractivity contribution is 7.90. The summed E-state index contributed by atoms with van der Waals surface area (Å²) in [5.41, 5.74) is 6.22. The number of carbonyl (C=O) groups is 1. The van der Waals surface area contributed by atoms with E-state index in [4.69, 9.17) is 15.5 Å². The van der Waals surface area contributed by atoms with Gasteiger partial charge in [-0.15, -0.1) is 0 Å². The van der Waals surface area contributed by atoms with E-state index in [1.807, 2.05) is 18.7 Å². The molecule has 9 nitrogen and oxygen atoms in total. The molecule has 1 aromatic carbocycles. The van der Waals surface area contributed by atoms with Crippen LogP contribution < -0.4 is 20.1 Å². The summed E-state index contributed by atoms with van der Waals surface area (Å²) in [6, 6.07) is 11.5. The molecule has 11 heteroatoms. The summed E-state index contributed by atoms with van der Waals surface area (Å²) < 4.78 is 47.6. The van der Waals surface area contributed by atoms with Crippen LogP contribution in [0.5, 0.6) is 5.75 Å². The van der Waals surface area contributed by atoms with Crippen LogP contribution in [-0.4, -0.2) is 43.0 Å². The number of halogens is 1. The van der Waals surface area contributed by atoms with E-state index in [-0.39, 0.29) is 21.9 Å². The number of sulfonamides is 1. The van der Waals surface area contributed by atoms with E-state index in [1.54, 1.807) is 19.1 Å². The molecular weight excluding hydrogens is 497 g/mol. The van der Waals surface area contributed by atoms with E-state index in [0.29, 0.717) is 41.9 Å². The Morgan fingerprint density at radius 3 is 2.62 bits per heavy atom. The van der Waals surface area contributed by atoms with Crippen molar-refractivity contribution >= 4 is 27.6 Å². The average molecular weight is 528 g/mol. The number of hydrogen-bond donors (Lipinski definition) is 2. The van der Waals surface area contributed by atoms with Crippen LogP contribution in [0.15, 0.2) is 53.6 Å². The van der Waals surface area contributed by atoms with Gasteiger partial charge in [0.15, 0.2) is 5.03 Å². The Hall–Kier alpha value is -3.73. The van der Waals surface area contributed by atoms with Gasteiger partial charge in [-0.2, -0.15) is 8.42 Å². The number of nitrogen functional groups attached to an aromatic ring is 1. The van der Waals surface area contributed by atoms with E-state index in [2.05, 4.69) is 16.6 Å². The molecule has 2 aromatic heterocycles. The number of carbonyl (C=O) groups excluding carboxylic acids is 1. The Kier molecular flexibility index (Phi) is 7.09. The minimum Gasteiger partial charge on any atom is -0.494 e. The van der Waals surface area contributed by atoms with Crippen LogP contribution in [0.2, 0.25) is 0 Å². The van der Waals surface area contributed by atoms with Gasteiger partial charge in [-0.1, -0.05) is 13.0 Å². The Bertz CT molecular complexity index is 1440. The van der Waals surface area contributed by atoms with Crippen molar-refractivity contribution in [2.24, 2.45) is 5.92 Å². The zero-order chi connectivity index (χ0) is 27.0. The van der Waals surface area contributed by atoms with Crippen molar-refractivity contribution in [1.29, 1.82) is 0 Å². The predicted octanol–water partition coefficient (Wildman–Crippen LogP) is 4.01. The Labute approximate surface area is 215 Å². The van der Waals surface area contributed by atoms with Gasteiger partial charge < -0.3 is 15.4 Å². The van der Waals surface area contributed by atoms with Crippen LogP contribution in [0.3, 0.4) is 0 Å². The van der Waals surface area contributed by atoms with E-state index in [1.165, 1.54) is 36.4 Å². The first-order chi connectivity index (χ1) is 17.4. The number of nitrogens with two attached hydrogens (primary N) is 1. The number of benzene rings is 1. The van der Waals surface area contributed by atoms with Gasteiger partial charge in [-0.05, 0) is 69.5 Å². The van der Waals surface area contributed by atoms with Crippen LogP contribution in [0, 0.1) is 11.7 Å². The van der Waals surface area contributed by atoms with Crippen molar-refractivity contribution in [2.45, 2.75) is 44.7 Å². The molecule has 196 valence electrons. The summed E-state index contributed by atoms with van der Waals surface area (Å²) in [4.78, 5) is 23.9. The molecule has 0 spiro atoms. The van der Waals surface area contributed by atoms with Crippen molar-refractivity contribution in [1.82, 2.24) is 14.7 Å². The Morgan fingerprint density at radius 1 is 1.22 bits per heavy atom. The first-order valence-corrected chi connectivity index (χ1v) is 13.4. The second-order valence-electron chi connectivity index (χ2n) is 9.74. The molecule has 1 aliphatic heterocycles. The van der Waals surface area contributed by atoms with Crippen LogP contribution in [0.25, 0.3) is 11.3 Å². The number of amides is 1. The van der Waals surface area contributed by atoms with Crippen molar-refractivity contribution in [3.8, 4) is 17.0 Å². The van der Waals surface area contributed by atoms with E-state index < -0.39 is 21.7 Å². The number of nitrogens with zero attached hydrogens (tertiary/aromatic N) is 3. The lowest BCUT2D eigenvalue weighted by Crippen LogP contribution is -2.41. The van der Waals surface area contributed by atoms with Gasteiger partial charge in [0.2, 0.25) is 0 Å². The lowest BCUT2D eigenvalue weighted by Gasteiger charge is -2.34. The highest BCUT2D eigenvalue weighted by Gasteiger charge is 2.39. The molecule has 3 N–H and O–H groups in total. The van der Waals surface area contributed by atoms with E-state index in [0.717, 1.165) is 6.42 Å². The third-order valence-electron chi connectivity index (χ3n) is 6.17. The van der Waals surface area contributed by atoms with Crippen molar-refractivity contribution in [2.75, 3.05) is 23.8 Å². The van der Waals surface area contributed by atoms with Crippen molar-refractivity contribution < 1.29 is 22.3 Å². The molecule has 1 unspecified atom stereocenters. The lowest BCUT2D eigenvalue weighted by atomic mass is 9.97. The highest BCUT2D eigenvalue weighted by atomic mass is 32.2. The maximum Gasteiger partial charge on any atom is 0.281 e. The predicted molar refractivity (Wildman–Crippen MR) is 139 cm³/mol. The number of rotatable bonds is 7. The molecule has 1 fully saturated rings. The normalized spacial score (nSPS) is 17.0. The van der Waals surface area contributed by atoms with Crippen LogP contribution in [0.1, 0.15) is 44.5 Å². The third kappa shape index (κ3) is 5.66. The van der Waals surface area contributed by atoms with Gasteiger partial charge in [-0.3, -0.25) is 4.79 Å². The third-order valence-corrected chi connectivity index (χ3v) is 7.41. The molecule has 1 saturated heterocycles. The number of pyridine rings is 2. The number of aromatic nitrogens is 2. The molecular formula is C26H30FN5O4S. The quantitative estimate of drug-likeness (QED) is 0.472. The Balaban J connectivity index is 1.79. The van der Waals surface area contributed by atoms with Crippen LogP contribution >= 0.6 is 0 Å². The van der Waals surface area contributed by atoms with Gasteiger partial charge in [-0.25, -0.2) is 19.1 Å². The minimum absolute atomic E-state index is 0.0105. The molecule has 4 rings (SSSR count). The summed E-state index contributed by atoms with van der Waals surface area (Å²) in [5, 5.41) is -0.370. The zero-order valence-electron chi connectivity index (χ0n) is 21.2. The first-order valence-electron chi connectivity index (χ1n) is 11.9. The monoisotopic (exact) mass is 527 g/mol. The zero-order valence-corrected chi connectivity index (χ0v) is 22.0. The van der Waals surface area contributed by atoms with E-state index >= 15 is 0 Å². The number of nitrogens with one attached hydrogen (secondary N) is 1. The summed E-state index contributed by atoms with van der Waals surface area (Å²) in [6.07, 6.45) is 0.847. The fourth-order valence-electron chi connectivity index (χ4n) is 4.72. The first kappa shape index (κ1) is 26.3. The van der Waals surface area contributed by atoms with Gasteiger partial charge in [0.05, 0.1) is 17.9 Å².